The first-order valence-electron chi connectivity index (χ1n) is 6.01. The summed E-state index contributed by atoms with van der Waals surface area (Å²) in [6.45, 7) is 6.16. The van der Waals surface area contributed by atoms with Gasteiger partial charge >= 0.3 is 11.8 Å². The highest BCUT2D eigenvalue weighted by molar-refractivity contribution is 6.35. The molecule has 0 aromatic carbocycles. The van der Waals surface area contributed by atoms with Gasteiger partial charge in [0.15, 0.2) is 0 Å². The fourth-order valence-corrected chi connectivity index (χ4v) is 1.52. The van der Waals surface area contributed by atoms with Gasteiger partial charge in [-0.15, -0.1) is 0 Å². The smallest absolute Gasteiger partial charge is 0.323 e. The molecule has 7 nitrogen and oxygen atoms in total. The van der Waals surface area contributed by atoms with E-state index in [9.17, 15) is 9.59 Å². The van der Waals surface area contributed by atoms with Gasteiger partial charge in [0.05, 0.1) is 12.1 Å². The average Bonchev–Trinajstić information content (AvgIpc) is 2.31. The molecule has 1 aliphatic rings. The Bertz CT molecular complexity index is 311. The molecule has 104 valence electrons. The third-order valence-electron chi connectivity index (χ3n) is 2.82. The van der Waals surface area contributed by atoms with E-state index in [-0.39, 0.29) is 6.61 Å². The van der Waals surface area contributed by atoms with E-state index in [1.807, 2.05) is 7.05 Å². The van der Waals surface area contributed by atoms with Crippen LogP contribution in [0.3, 0.4) is 0 Å². The molecule has 1 rings (SSSR count). The number of hydrogen-bond donors (Lipinski definition) is 3. The quantitative estimate of drug-likeness (QED) is 0.518. The van der Waals surface area contributed by atoms with Crippen LogP contribution in [-0.2, 0) is 9.59 Å². The molecule has 0 radical (unpaired) electrons. The minimum Gasteiger partial charge on any atom is -0.394 e. The van der Waals surface area contributed by atoms with Gasteiger partial charge in [0.25, 0.3) is 0 Å². The molecule has 3 N–H and O–H groups in total. The predicted octanol–water partition coefficient (Wildman–Crippen LogP) is -1.85. The zero-order valence-electron chi connectivity index (χ0n) is 11.2. The lowest BCUT2D eigenvalue weighted by Gasteiger charge is -2.32. The Morgan fingerprint density at radius 2 is 1.72 bits per heavy atom. The summed E-state index contributed by atoms with van der Waals surface area (Å²) < 4.78 is 0. The van der Waals surface area contributed by atoms with Crippen molar-refractivity contribution in [1.82, 2.24) is 20.7 Å². The monoisotopic (exact) mass is 258 g/mol. The van der Waals surface area contributed by atoms with Crippen LogP contribution in [0, 0.1) is 0 Å². The maximum absolute atomic E-state index is 11.6. The van der Waals surface area contributed by atoms with Crippen molar-refractivity contribution in [3.05, 3.63) is 0 Å². The minimum absolute atomic E-state index is 0.222. The molecule has 0 spiro atoms. The van der Waals surface area contributed by atoms with Crippen molar-refractivity contribution in [3.63, 3.8) is 0 Å². The molecule has 0 aromatic heterocycles. The number of nitrogens with one attached hydrogen (secondary N) is 2. The van der Waals surface area contributed by atoms with Gasteiger partial charge in [-0.2, -0.15) is 0 Å². The number of hydrogen-bond acceptors (Lipinski definition) is 5. The van der Waals surface area contributed by atoms with Crippen molar-refractivity contribution in [2.75, 3.05) is 39.8 Å². The van der Waals surface area contributed by atoms with Gasteiger partial charge in [0, 0.05) is 26.2 Å². The summed E-state index contributed by atoms with van der Waals surface area (Å²) in [4.78, 5) is 25.4. The normalized spacial score (nSPS) is 18.4. The van der Waals surface area contributed by atoms with Gasteiger partial charge in [-0.3, -0.25) is 15.0 Å². The number of carbonyl (C=O) groups excluding carboxylic acids is 2. The van der Waals surface area contributed by atoms with Crippen LogP contribution in [0.5, 0.6) is 0 Å². The topological polar surface area (TPSA) is 84.9 Å². The Morgan fingerprint density at radius 3 is 2.22 bits per heavy atom. The van der Waals surface area contributed by atoms with E-state index in [1.54, 1.807) is 18.9 Å². The van der Waals surface area contributed by atoms with Crippen molar-refractivity contribution < 1.29 is 14.7 Å². The van der Waals surface area contributed by atoms with E-state index in [0.29, 0.717) is 13.1 Å². The Labute approximate surface area is 107 Å². The molecule has 1 aliphatic heterocycles. The van der Waals surface area contributed by atoms with Gasteiger partial charge in [-0.1, -0.05) is 0 Å². The molecule has 0 aromatic rings. The molecule has 18 heavy (non-hydrogen) atoms. The Kier molecular flexibility index (Phi) is 5.06. The number of aliphatic hydroxyl groups excluding tert-OH is 1. The Balaban J connectivity index is 2.38. The summed E-state index contributed by atoms with van der Waals surface area (Å²) in [7, 11) is 2.01. The van der Waals surface area contributed by atoms with Crippen molar-refractivity contribution in [3.8, 4) is 0 Å². The highest BCUT2D eigenvalue weighted by atomic mass is 16.3. The van der Waals surface area contributed by atoms with E-state index in [2.05, 4.69) is 15.6 Å². The van der Waals surface area contributed by atoms with Gasteiger partial charge in [-0.25, -0.2) is 5.01 Å². The Morgan fingerprint density at radius 1 is 1.17 bits per heavy atom. The number of likely N-dealkylation sites (N-methyl/N-ethyl adjacent to an activating group) is 1. The maximum Gasteiger partial charge on any atom is 0.323 e. The van der Waals surface area contributed by atoms with Crippen LogP contribution in [-0.4, -0.2) is 72.2 Å². The molecule has 1 saturated heterocycles. The second-order valence-electron chi connectivity index (χ2n) is 5.23. The molecule has 0 atom stereocenters. The summed E-state index contributed by atoms with van der Waals surface area (Å²) in [6.07, 6.45) is 0. The largest absolute Gasteiger partial charge is 0.394 e. The van der Waals surface area contributed by atoms with Crippen molar-refractivity contribution in [1.29, 1.82) is 0 Å². The molecule has 0 unspecified atom stereocenters. The van der Waals surface area contributed by atoms with Gasteiger partial charge < -0.3 is 15.3 Å². The third-order valence-corrected chi connectivity index (χ3v) is 2.82. The second kappa shape index (κ2) is 6.12. The Hall–Kier alpha value is -1.18. The average molecular weight is 258 g/mol. The first kappa shape index (κ1) is 14.9. The van der Waals surface area contributed by atoms with Crippen LogP contribution < -0.4 is 10.7 Å². The molecule has 7 heteroatoms. The molecular weight excluding hydrogens is 236 g/mol. The van der Waals surface area contributed by atoms with Gasteiger partial charge in [-0.05, 0) is 20.9 Å². The lowest BCUT2D eigenvalue weighted by atomic mass is 10.1. The second-order valence-corrected chi connectivity index (χ2v) is 5.23. The van der Waals surface area contributed by atoms with E-state index in [0.717, 1.165) is 13.1 Å². The predicted molar refractivity (Wildman–Crippen MR) is 66.5 cm³/mol. The maximum atomic E-state index is 11.6. The van der Waals surface area contributed by atoms with E-state index in [1.165, 1.54) is 0 Å². The van der Waals surface area contributed by atoms with E-state index >= 15 is 0 Å². The molecular formula is C11H22N4O3. The SMILES string of the molecule is CN1CCN(NC(=O)C(=O)NC(C)(C)CO)CC1. The van der Waals surface area contributed by atoms with Crippen LogP contribution in [0.25, 0.3) is 0 Å². The summed E-state index contributed by atoms with van der Waals surface area (Å²) in [5.41, 5.74) is 1.76. The zero-order valence-corrected chi connectivity index (χ0v) is 11.2. The zero-order chi connectivity index (χ0) is 13.8. The van der Waals surface area contributed by atoms with Crippen LogP contribution in [0.4, 0.5) is 0 Å². The summed E-state index contributed by atoms with van der Waals surface area (Å²) >= 11 is 0. The fraction of sp³-hybridized carbons (Fsp3) is 0.818. The number of piperazine rings is 1. The summed E-state index contributed by atoms with van der Waals surface area (Å²) in [6, 6.07) is 0. The first-order chi connectivity index (χ1) is 8.34. The van der Waals surface area contributed by atoms with Gasteiger partial charge in [0.1, 0.15) is 0 Å². The molecule has 0 saturated carbocycles. The summed E-state index contributed by atoms with van der Waals surface area (Å²) in [5, 5.41) is 13.2. The van der Waals surface area contributed by atoms with Gasteiger partial charge in [0.2, 0.25) is 0 Å². The standard InChI is InChI=1S/C11H22N4O3/c1-11(2,8-16)12-9(17)10(18)13-15-6-4-14(3)5-7-15/h16H,4-8H2,1-3H3,(H,12,17)(H,13,18). The van der Waals surface area contributed by atoms with Crippen molar-refractivity contribution in [2.45, 2.75) is 19.4 Å². The lowest BCUT2D eigenvalue weighted by molar-refractivity contribution is -0.143. The fourth-order valence-electron chi connectivity index (χ4n) is 1.52. The first-order valence-corrected chi connectivity index (χ1v) is 6.01. The number of nitrogens with zero attached hydrogens (tertiary/aromatic N) is 2. The van der Waals surface area contributed by atoms with Crippen LogP contribution in [0.2, 0.25) is 0 Å². The number of aliphatic hydroxyl groups is 1. The van der Waals surface area contributed by atoms with Crippen LogP contribution in [0.15, 0.2) is 0 Å². The van der Waals surface area contributed by atoms with Crippen molar-refractivity contribution >= 4 is 11.8 Å². The molecule has 1 heterocycles. The number of hydrazine groups is 1. The number of carbonyl (C=O) groups is 2. The lowest BCUT2D eigenvalue weighted by Crippen LogP contribution is -2.57. The van der Waals surface area contributed by atoms with Crippen molar-refractivity contribution in [2.24, 2.45) is 0 Å². The highest BCUT2D eigenvalue weighted by Gasteiger charge is 2.25. The van der Waals surface area contributed by atoms with Crippen LogP contribution >= 0.6 is 0 Å². The molecule has 1 fully saturated rings. The molecule has 0 aliphatic carbocycles. The van der Waals surface area contributed by atoms with Crippen LogP contribution in [0.1, 0.15) is 13.8 Å². The minimum atomic E-state index is -0.795. The number of amides is 2. The summed E-state index contributed by atoms with van der Waals surface area (Å²) in [5.74, 6) is -1.42. The molecule has 2 amide bonds. The highest BCUT2D eigenvalue weighted by Crippen LogP contribution is 1.99. The molecule has 0 bridgehead atoms. The van der Waals surface area contributed by atoms with E-state index in [4.69, 9.17) is 5.11 Å². The third kappa shape index (κ3) is 4.59. The number of rotatable bonds is 3. The van der Waals surface area contributed by atoms with E-state index < -0.39 is 17.4 Å².